The van der Waals surface area contributed by atoms with E-state index in [0.29, 0.717) is 32.5 Å². The number of carbonyl (C=O) groups excluding carboxylic acids is 3. The van der Waals surface area contributed by atoms with Gasteiger partial charge in [-0.1, -0.05) is 0 Å². The van der Waals surface area contributed by atoms with Gasteiger partial charge in [-0.25, -0.2) is 15.0 Å². The average Bonchev–Trinajstić information content (AvgIpc) is 2.71. The molecule has 1 aliphatic heterocycles. The van der Waals surface area contributed by atoms with Crippen LogP contribution in [0.25, 0.3) is 0 Å². The summed E-state index contributed by atoms with van der Waals surface area (Å²) in [7, 11) is 0. The first-order chi connectivity index (χ1) is 8.24. The van der Waals surface area contributed by atoms with Gasteiger partial charge in [-0.2, -0.15) is 5.10 Å². The zero-order valence-corrected chi connectivity index (χ0v) is 9.31. The molecule has 0 saturated carbocycles. The van der Waals surface area contributed by atoms with Crippen molar-refractivity contribution in [2.45, 2.75) is 6.42 Å². The molecule has 1 fully saturated rings. The highest BCUT2D eigenvalue weighted by Crippen LogP contribution is 1.94. The van der Waals surface area contributed by atoms with Crippen molar-refractivity contribution in [3.63, 3.8) is 0 Å². The van der Waals surface area contributed by atoms with Crippen molar-refractivity contribution in [2.24, 2.45) is 5.10 Å². The summed E-state index contributed by atoms with van der Waals surface area (Å²) in [6, 6.07) is -0.581. The highest BCUT2D eigenvalue weighted by atomic mass is 16.2. The second kappa shape index (κ2) is 7.20. The highest BCUT2D eigenvalue weighted by molar-refractivity contribution is 5.79. The fraction of sp³-hybridized carbons (Fsp3) is 0.556. The minimum Gasteiger partial charge on any atom is -0.336 e. The number of hydrazone groups is 1. The molecule has 1 rings (SSSR count). The standard InChI is InChI=1S/C9H15N5O3/c15-7-1-2-12-13-8(16)10-3-5-14-6-4-11-9(14)17/h2,7H,1,3-6H2,(H,11,17)(H2,10,13,16)/b12-2-. The van der Waals surface area contributed by atoms with Gasteiger partial charge in [-0.05, 0) is 0 Å². The Hall–Kier alpha value is -2.12. The van der Waals surface area contributed by atoms with Gasteiger partial charge in [0.25, 0.3) is 0 Å². The molecule has 8 heteroatoms. The Morgan fingerprint density at radius 1 is 1.59 bits per heavy atom. The van der Waals surface area contributed by atoms with E-state index in [4.69, 9.17) is 0 Å². The van der Waals surface area contributed by atoms with E-state index in [1.807, 2.05) is 0 Å². The summed E-state index contributed by atoms with van der Waals surface area (Å²) in [6.07, 6.45) is 2.13. The Morgan fingerprint density at radius 2 is 2.41 bits per heavy atom. The lowest BCUT2D eigenvalue weighted by Gasteiger charge is -2.13. The van der Waals surface area contributed by atoms with Gasteiger partial charge in [-0.3, -0.25) is 0 Å². The third-order valence-corrected chi connectivity index (χ3v) is 2.07. The van der Waals surface area contributed by atoms with Gasteiger partial charge < -0.3 is 20.3 Å². The van der Waals surface area contributed by atoms with Crippen LogP contribution >= 0.6 is 0 Å². The molecule has 17 heavy (non-hydrogen) atoms. The molecule has 94 valence electrons. The molecule has 0 aliphatic carbocycles. The summed E-state index contributed by atoms with van der Waals surface area (Å²) in [5, 5.41) is 8.71. The summed E-state index contributed by atoms with van der Waals surface area (Å²) in [4.78, 5) is 33.8. The van der Waals surface area contributed by atoms with E-state index in [0.717, 1.165) is 0 Å². The average molecular weight is 241 g/mol. The predicted octanol–water partition coefficient (Wildman–Crippen LogP) is -1.11. The number of nitrogens with one attached hydrogen (secondary N) is 3. The highest BCUT2D eigenvalue weighted by Gasteiger charge is 2.18. The second-order valence-corrected chi connectivity index (χ2v) is 3.30. The quantitative estimate of drug-likeness (QED) is 0.312. The number of amides is 4. The lowest BCUT2D eigenvalue weighted by atomic mass is 10.5. The zero-order valence-electron chi connectivity index (χ0n) is 9.31. The van der Waals surface area contributed by atoms with Crippen molar-refractivity contribution in [1.82, 2.24) is 21.0 Å². The minimum atomic E-state index is -0.466. The molecule has 0 aromatic heterocycles. The first-order valence-electron chi connectivity index (χ1n) is 5.26. The predicted molar refractivity (Wildman–Crippen MR) is 60.7 cm³/mol. The van der Waals surface area contributed by atoms with Gasteiger partial charge in [0, 0.05) is 38.8 Å². The molecule has 0 atom stereocenters. The van der Waals surface area contributed by atoms with Gasteiger partial charge in [0.2, 0.25) is 0 Å². The Labute approximate surface area is 98.4 Å². The summed E-state index contributed by atoms with van der Waals surface area (Å²) >= 11 is 0. The largest absolute Gasteiger partial charge is 0.336 e. The van der Waals surface area contributed by atoms with Crippen LogP contribution < -0.4 is 16.1 Å². The maximum Gasteiger partial charge on any atom is 0.335 e. The molecule has 1 saturated heterocycles. The molecular weight excluding hydrogens is 226 g/mol. The molecule has 3 N–H and O–H groups in total. The first kappa shape index (κ1) is 12.9. The van der Waals surface area contributed by atoms with Crippen molar-refractivity contribution >= 4 is 24.6 Å². The number of aldehydes is 1. The van der Waals surface area contributed by atoms with Crippen LogP contribution in [0.4, 0.5) is 9.59 Å². The van der Waals surface area contributed by atoms with E-state index in [-0.39, 0.29) is 12.5 Å². The number of hydrogen-bond acceptors (Lipinski definition) is 4. The monoisotopic (exact) mass is 241 g/mol. The van der Waals surface area contributed by atoms with Crippen LogP contribution in [0.3, 0.4) is 0 Å². The molecule has 0 aromatic carbocycles. The zero-order chi connectivity index (χ0) is 12.5. The van der Waals surface area contributed by atoms with Crippen LogP contribution in [0.15, 0.2) is 5.10 Å². The molecule has 0 unspecified atom stereocenters. The van der Waals surface area contributed by atoms with Crippen molar-refractivity contribution in [3.05, 3.63) is 0 Å². The molecule has 8 nitrogen and oxygen atoms in total. The van der Waals surface area contributed by atoms with Gasteiger partial charge in [-0.15, -0.1) is 0 Å². The van der Waals surface area contributed by atoms with E-state index in [1.165, 1.54) is 6.21 Å². The molecule has 1 aliphatic rings. The van der Waals surface area contributed by atoms with Crippen molar-refractivity contribution in [2.75, 3.05) is 26.2 Å². The van der Waals surface area contributed by atoms with Crippen LogP contribution in [-0.4, -0.2) is 55.6 Å². The maximum atomic E-state index is 11.1. The van der Waals surface area contributed by atoms with Gasteiger partial charge in [0.15, 0.2) is 0 Å². The molecule has 0 bridgehead atoms. The van der Waals surface area contributed by atoms with E-state index < -0.39 is 6.03 Å². The maximum absolute atomic E-state index is 11.1. The number of hydrogen-bond donors (Lipinski definition) is 3. The molecule has 1 heterocycles. The van der Waals surface area contributed by atoms with Gasteiger partial charge >= 0.3 is 12.1 Å². The van der Waals surface area contributed by atoms with Crippen molar-refractivity contribution in [1.29, 1.82) is 0 Å². The van der Waals surface area contributed by atoms with E-state index >= 15 is 0 Å². The van der Waals surface area contributed by atoms with Gasteiger partial charge in [0.1, 0.15) is 6.29 Å². The summed E-state index contributed by atoms with van der Waals surface area (Å²) in [5.41, 5.74) is 2.20. The summed E-state index contributed by atoms with van der Waals surface area (Å²) in [6.45, 7) is 2.10. The fourth-order valence-corrected chi connectivity index (χ4v) is 1.27. The molecule has 0 radical (unpaired) electrons. The normalized spacial score (nSPS) is 14.8. The topological polar surface area (TPSA) is 103 Å². The van der Waals surface area contributed by atoms with Crippen LogP contribution in [0.2, 0.25) is 0 Å². The Morgan fingerprint density at radius 3 is 3.06 bits per heavy atom. The SMILES string of the molecule is O=CC/C=N\NC(=O)NCCN1CCNC1=O. The second-order valence-electron chi connectivity index (χ2n) is 3.30. The summed E-state index contributed by atoms with van der Waals surface area (Å²) < 4.78 is 0. The minimum absolute atomic E-state index is 0.115. The number of nitrogens with zero attached hydrogens (tertiary/aromatic N) is 2. The molecule has 0 aromatic rings. The number of rotatable bonds is 6. The van der Waals surface area contributed by atoms with Crippen LogP contribution in [0, 0.1) is 0 Å². The van der Waals surface area contributed by atoms with E-state index in [1.54, 1.807) is 4.90 Å². The third kappa shape index (κ3) is 4.96. The van der Waals surface area contributed by atoms with Crippen LogP contribution in [-0.2, 0) is 4.79 Å². The summed E-state index contributed by atoms with van der Waals surface area (Å²) in [5.74, 6) is 0. The lowest BCUT2D eigenvalue weighted by molar-refractivity contribution is -0.106. The van der Waals surface area contributed by atoms with Crippen molar-refractivity contribution in [3.8, 4) is 0 Å². The smallest absolute Gasteiger partial charge is 0.335 e. The molecule has 4 amide bonds. The third-order valence-electron chi connectivity index (χ3n) is 2.07. The number of carbonyl (C=O) groups is 3. The van der Waals surface area contributed by atoms with Crippen LogP contribution in [0.1, 0.15) is 6.42 Å². The Kier molecular flexibility index (Phi) is 5.49. The number of urea groups is 2. The Balaban J connectivity index is 2.07. The van der Waals surface area contributed by atoms with Gasteiger partial charge in [0.05, 0.1) is 0 Å². The van der Waals surface area contributed by atoms with Crippen LogP contribution in [0.5, 0.6) is 0 Å². The molecule has 0 spiro atoms. The van der Waals surface area contributed by atoms with E-state index in [9.17, 15) is 14.4 Å². The fourth-order valence-electron chi connectivity index (χ4n) is 1.27. The molecular formula is C9H15N5O3. The lowest BCUT2D eigenvalue weighted by Crippen LogP contribution is -2.39. The van der Waals surface area contributed by atoms with E-state index in [2.05, 4.69) is 21.2 Å². The first-order valence-corrected chi connectivity index (χ1v) is 5.26. The Bertz CT molecular complexity index is 318. The van der Waals surface area contributed by atoms with Crippen molar-refractivity contribution < 1.29 is 14.4 Å².